The maximum Gasteiger partial charge on any atom is 0.311 e. The maximum absolute atomic E-state index is 11.2. The predicted octanol–water partition coefficient (Wildman–Crippen LogP) is 27.7. The molecule has 0 amide bonds. The average molecular weight is 2040 g/mol. The number of hydrogen-bond acceptors (Lipinski definition) is 27. The van der Waals surface area contributed by atoms with Gasteiger partial charge in [-0.05, 0) is 206 Å². The quantitative estimate of drug-likeness (QED) is 0.0257. The first-order valence-corrected chi connectivity index (χ1v) is 53.3. The first-order valence-electron chi connectivity index (χ1n) is 53.3. The van der Waals surface area contributed by atoms with Gasteiger partial charge in [0.05, 0.1) is 59.5 Å². The van der Waals surface area contributed by atoms with Crippen LogP contribution in [-0.4, -0.2) is 162 Å². The van der Waals surface area contributed by atoms with Gasteiger partial charge in [-0.25, -0.2) is 0 Å². The summed E-state index contributed by atoms with van der Waals surface area (Å²) in [6.07, 6.45) is 20.5. The normalized spacial score (nSPS) is 11.5. The monoisotopic (exact) mass is 2040 g/mol. The van der Waals surface area contributed by atoms with Crippen molar-refractivity contribution in [1.82, 2.24) is 0 Å². The molecule has 0 bridgehead atoms. The van der Waals surface area contributed by atoms with Gasteiger partial charge in [-0.2, -0.15) is 0 Å². The van der Waals surface area contributed by atoms with Crippen molar-refractivity contribution in [3.8, 4) is 5.75 Å². The van der Waals surface area contributed by atoms with E-state index < -0.39 is 0 Å². The van der Waals surface area contributed by atoms with Gasteiger partial charge < -0.3 is 66.3 Å². The molecule has 2 aromatic carbocycles. The van der Waals surface area contributed by atoms with E-state index in [2.05, 4.69) is 18.6 Å². The number of hydrogen-bond donors (Lipinski definition) is 0. The number of unbranched alkanes of at least 4 members (excludes halogenated alkanes) is 3. The Labute approximate surface area is 870 Å². The minimum absolute atomic E-state index is 0.0168. The van der Waals surface area contributed by atoms with Gasteiger partial charge in [-0.15, -0.1) is 0 Å². The van der Waals surface area contributed by atoms with Crippen LogP contribution >= 0.6 is 0 Å². The van der Waals surface area contributed by atoms with Gasteiger partial charge in [0.25, 0.3) is 0 Å². The second-order valence-electron chi connectivity index (χ2n) is 42.7. The molecule has 27 nitrogen and oxygen atoms in total. The van der Waals surface area contributed by atoms with Crippen LogP contribution in [0.4, 0.5) is 0 Å². The summed E-state index contributed by atoms with van der Waals surface area (Å²) in [6.45, 7) is 78.3. The molecule has 0 aromatic heterocycles. The molecular formula is C116H212O27. The van der Waals surface area contributed by atoms with Crippen molar-refractivity contribution in [1.29, 1.82) is 0 Å². The summed E-state index contributed by atoms with van der Waals surface area (Å²) in [4.78, 5) is 142. The van der Waals surface area contributed by atoms with Crippen LogP contribution < -0.4 is 4.74 Å². The molecule has 0 heterocycles. The van der Waals surface area contributed by atoms with E-state index in [-0.39, 0.29) is 95.4 Å². The van der Waals surface area contributed by atoms with Crippen LogP contribution in [0.5, 0.6) is 5.75 Å². The Morgan fingerprint density at radius 3 is 0.958 bits per heavy atom. The van der Waals surface area contributed by atoms with Gasteiger partial charge >= 0.3 is 77.6 Å². The Bertz CT molecular complexity index is 3310. The summed E-state index contributed by atoms with van der Waals surface area (Å²) >= 11 is 0. The van der Waals surface area contributed by atoms with E-state index in [1.165, 1.54) is 39.2 Å². The van der Waals surface area contributed by atoms with E-state index in [1.54, 1.807) is 19.2 Å². The molecular weight excluding hydrogens is 1830 g/mol. The maximum atomic E-state index is 11.2. The number of rotatable bonds is 48. The molecule has 0 spiro atoms. The molecule has 0 unspecified atom stereocenters. The third-order valence-electron chi connectivity index (χ3n) is 17.2. The van der Waals surface area contributed by atoms with Crippen molar-refractivity contribution >= 4 is 77.6 Å². The first kappa shape index (κ1) is 152. The van der Waals surface area contributed by atoms with Crippen molar-refractivity contribution in [3.05, 3.63) is 66.2 Å². The number of ether oxygens (including phenoxy) is 14. The van der Waals surface area contributed by atoms with E-state index >= 15 is 0 Å². The van der Waals surface area contributed by atoms with Crippen LogP contribution in [0.1, 0.15) is 422 Å². The van der Waals surface area contributed by atoms with Crippen molar-refractivity contribution in [2.45, 2.75) is 441 Å². The van der Waals surface area contributed by atoms with Crippen molar-refractivity contribution in [2.24, 2.45) is 88.8 Å². The summed E-state index contributed by atoms with van der Waals surface area (Å²) in [6, 6.07) is 18.8. The molecule has 2 aliphatic carbocycles. The number of para-hydroxylation sites is 1. The molecule has 2 aliphatic rings. The van der Waals surface area contributed by atoms with Crippen LogP contribution in [0.15, 0.2) is 60.7 Å². The molecule has 2 saturated carbocycles. The van der Waals surface area contributed by atoms with Crippen LogP contribution in [0.3, 0.4) is 0 Å². The highest BCUT2D eigenvalue weighted by Crippen LogP contribution is 2.29. The molecule has 143 heavy (non-hydrogen) atoms. The lowest BCUT2D eigenvalue weighted by Crippen LogP contribution is -2.24. The lowest BCUT2D eigenvalue weighted by molar-refractivity contribution is -0.156. The number of carbonyl (C=O) groups is 13. The summed E-state index contributed by atoms with van der Waals surface area (Å²) in [5.74, 6) is 5.69. The Balaban J connectivity index is -0.000000195. The standard InChI is InChI=1S/C12H16O2.C11H14O2.C10H18O2.C10H20O2.C9H16O2.3C9H18O2.C8H16O3.2C8H16O2.C7H14O2.C6H12O2/c1-10(2)8-12(13)14-9-11-6-4-3-5-7-11;1-9(2)8-11(12)13-10-6-4-3-5-7-10;1-8(2)7-10(11)12-9-5-3-4-6-9;1-4-5-6-7-12-10(11)8-9(2)3;1-7(2)5-9(10)11-6-8-3-4-8;1-7(2)6-8(10)11-9(3,4)5;1-7(2)5-9(10)11-6-8(3)4;1-4-5-6-11-9(10)7-8(2)3;1-7(2)6-8(9)11-5-4-10-3;1-6(2)5-8(9)10-7(3)4;1-4-5-10-8(9)6-7(2)3;1-4-9-7(8)5-6(2)3;1-5(2)4-6(7)8-3/h3-7,10H,8-9H2,1-2H3;3-7,9H,8H2,1-2H3;8-9H,3-7H2,1-2H3;9H,4-8H2,1-3H3;7-8H,3-6H2,1-2H3;7H,6H2,1-5H3;7-8H,5-6H2,1-4H3;8H,4-7H2,1-3H3;7H,4-6H2,1-3H3;6-7H,5H2,1-4H3;7H,4-6H2,1-3H3;6H,4-5H2,1-3H3;5H,4H2,1-3H3. The summed E-state index contributed by atoms with van der Waals surface area (Å²) in [5.41, 5.74) is 0.691. The van der Waals surface area contributed by atoms with Crippen molar-refractivity contribution in [3.63, 3.8) is 0 Å². The Morgan fingerprint density at radius 1 is 0.301 bits per heavy atom. The number of benzene rings is 2. The van der Waals surface area contributed by atoms with Gasteiger partial charge in [0, 0.05) is 90.6 Å². The Morgan fingerprint density at radius 2 is 0.622 bits per heavy atom. The molecule has 0 aliphatic heterocycles. The third kappa shape index (κ3) is 144. The second-order valence-corrected chi connectivity index (χ2v) is 42.7. The van der Waals surface area contributed by atoms with Gasteiger partial charge in [-0.3, -0.25) is 62.3 Å². The fourth-order valence-corrected chi connectivity index (χ4v) is 10.5. The largest absolute Gasteiger partial charge is 0.469 e. The number of esters is 13. The molecule has 0 N–H and O–H groups in total. The molecule has 838 valence electrons. The fraction of sp³-hybridized carbons (Fsp3) is 0.784. The van der Waals surface area contributed by atoms with E-state index in [9.17, 15) is 62.3 Å². The number of methoxy groups -OCH3 is 2. The SMILES string of the molecule is CC(C)CC(=O)OC(C)(C)C.CC(C)CC(=O)OC(C)C.CC(C)CC(=O)OC1CCCC1.CC(C)CC(=O)OCC1CC1.CC(C)CC(=O)OCc1ccccc1.CC(C)CC(=O)Oc1ccccc1.CC(C)COC(=O)CC(C)C.CCCCCOC(=O)CC(C)C.CCCCOC(=O)CC(C)C.CCCOC(=O)CC(C)C.CCOC(=O)CC(C)C.COC(=O)CC(C)C.COCCOC(=O)CC(C)C. The topological polar surface area (TPSA) is 351 Å². The Hall–Kier alpha value is -8.49. The predicted molar refractivity (Wildman–Crippen MR) is 575 cm³/mol. The highest BCUT2D eigenvalue weighted by molar-refractivity contribution is 5.74. The van der Waals surface area contributed by atoms with Crippen LogP contribution in [-0.2, 0) is 131 Å². The van der Waals surface area contributed by atoms with E-state index in [0.717, 1.165) is 50.5 Å². The highest BCUT2D eigenvalue weighted by Gasteiger charge is 2.24. The van der Waals surface area contributed by atoms with Gasteiger partial charge in [0.2, 0.25) is 0 Å². The highest BCUT2D eigenvalue weighted by atomic mass is 16.6. The molecule has 0 atom stereocenters. The van der Waals surface area contributed by atoms with Gasteiger partial charge in [0.15, 0.2) is 0 Å². The van der Waals surface area contributed by atoms with Crippen LogP contribution in [0, 0.1) is 88.8 Å². The smallest absolute Gasteiger partial charge is 0.311 e. The zero-order valence-corrected chi connectivity index (χ0v) is 97.7. The van der Waals surface area contributed by atoms with E-state index in [0.29, 0.717) is 237 Å². The van der Waals surface area contributed by atoms with Gasteiger partial charge in [-0.1, -0.05) is 282 Å². The summed E-state index contributed by atoms with van der Waals surface area (Å²) in [7, 11) is 2.99. The van der Waals surface area contributed by atoms with E-state index in [1.807, 2.05) is 291 Å². The van der Waals surface area contributed by atoms with Crippen molar-refractivity contribution < 1.29 is 129 Å². The van der Waals surface area contributed by atoms with Crippen molar-refractivity contribution in [2.75, 3.05) is 67.1 Å². The third-order valence-corrected chi connectivity index (χ3v) is 17.2. The lowest BCUT2D eigenvalue weighted by Gasteiger charge is -2.19. The van der Waals surface area contributed by atoms with Crippen LogP contribution in [0.25, 0.3) is 0 Å². The number of carbonyl (C=O) groups excluding carboxylic acids is 13. The molecule has 2 fully saturated rings. The average Bonchev–Trinajstić information content (AvgIpc) is 1.75. The van der Waals surface area contributed by atoms with Gasteiger partial charge in [0.1, 0.15) is 30.7 Å². The minimum Gasteiger partial charge on any atom is -0.469 e. The second kappa shape index (κ2) is 102. The Kier molecular flexibility index (Phi) is 109. The molecule has 0 saturated heterocycles. The van der Waals surface area contributed by atoms with E-state index in [4.69, 9.17) is 61.6 Å². The molecule has 2 aromatic rings. The molecule has 4 rings (SSSR count). The minimum atomic E-state index is -0.341. The first-order chi connectivity index (χ1) is 66.6. The molecule has 0 radical (unpaired) electrons. The lowest BCUT2D eigenvalue weighted by atomic mass is 10.1. The van der Waals surface area contributed by atoms with Crippen LogP contribution in [0.2, 0.25) is 0 Å². The zero-order valence-electron chi connectivity index (χ0n) is 97.7. The summed E-state index contributed by atoms with van der Waals surface area (Å²) < 4.78 is 69.0. The molecule has 27 heteroatoms. The zero-order chi connectivity index (χ0) is 112. The fourth-order valence-electron chi connectivity index (χ4n) is 10.5. The summed E-state index contributed by atoms with van der Waals surface area (Å²) in [5, 5.41) is 0.